The summed E-state index contributed by atoms with van der Waals surface area (Å²) in [6, 6.07) is 19.8. The molecule has 6 heteroatoms. The van der Waals surface area contributed by atoms with Crippen LogP contribution < -0.4 is 4.90 Å². The van der Waals surface area contributed by atoms with Gasteiger partial charge in [-0.25, -0.2) is 4.98 Å². The average molecular weight is 391 g/mol. The first-order valence-corrected chi connectivity index (χ1v) is 8.99. The predicted molar refractivity (Wildman–Crippen MR) is 107 cm³/mol. The number of aliphatic hydroxyl groups excluding tert-OH is 1. The molecular formula is C22H15ClN2O3. The maximum Gasteiger partial charge on any atom is 0.301 e. The zero-order valence-corrected chi connectivity index (χ0v) is 15.4. The Morgan fingerprint density at radius 1 is 0.929 bits per heavy atom. The Hall–Kier alpha value is -3.44. The second-order valence-corrected chi connectivity index (χ2v) is 6.65. The number of aliphatic hydroxyl groups is 1. The number of Topliss-reactive ketones (excluding diaryl/α,β-unsaturated/α-hetero) is 1. The van der Waals surface area contributed by atoms with E-state index in [0.29, 0.717) is 22.0 Å². The summed E-state index contributed by atoms with van der Waals surface area (Å²) >= 11 is 6.39. The van der Waals surface area contributed by atoms with Crippen molar-refractivity contribution in [2.45, 2.75) is 6.04 Å². The Kier molecular flexibility index (Phi) is 4.67. The Morgan fingerprint density at radius 3 is 2.29 bits per heavy atom. The van der Waals surface area contributed by atoms with Gasteiger partial charge < -0.3 is 5.11 Å². The van der Waals surface area contributed by atoms with E-state index in [9.17, 15) is 14.7 Å². The van der Waals surface area contributed by atoms with Crippen molar-refractivity contribution in [2.24, 2.45) is 0 Å². The lowest BCUT2D eigenvalue weighted by atomic mass is 9.95. The van der Waals surface area contributed by atoms with E-state index in [4.69, 9.17) is 11.6 Å². The molecule has 1 N–H and O–H groups in total. The van der Waals surface area contributed by atoms with Crippen molar-refractivity contribution >= 4 is 34.9 Å². The van der Waals surface area contributed by atoms with Crippen LogP contribution >= 0.6 is 11.6 Å². The van der Waals surface area contributed by atoms with Crippen molar-refractivity contribution < 1.29 is 14.7 Å². The number of amides is 1. The van der Waals surface area contributed by atoms with Gasteiger partial charge in [0.1, 0.15) is 11.6 Å². The van der Waals surface area contributed by atoms with Crippen LogP contribution in [-0.4, -0.2) is 21.8 Å². The van der Waals surface area contributed by atoms with Crippen molar-refractivity contribution in [1.82, 2.24) is 4.98 Å². The van der Waals surface area contributed by atoms with E-state index in [1.165, 1.54) is 11.1 Å². The van der Waals surface area contributed by atoms with Crippen LogP contribution in [0.3, 0.4) is 0 Å². The van der Waals surface area contributed by atoms with Crippen molar-refractivity contribution in [3.8, 4) is 0 Å². The number of hydrogen-bond donors (Lipinski definition) is 1. The number of rotatable bonds is 3. The molecule has 2 heterocycles. The summed E-state index contributed by atoms with van der Waals surface area (Å²) in [5.74, 6) is -1.48. The SMILES string of the molecule is O=C1C(=O)N(c2ccccn2)C(c2ccccc2Cl)/C1=C(/O)c1ccccc1. The molecule has 0 bridgehead atoms. The van der Waals surface area contributed by atoms with E-state index in [0.717, 1.165) is 0 Å². The molecule has 138 valence electrons. The molecule has 1 aliphatic heterocycles. The van der Waals surface area contributed by atoms with Crippen LogP contribution in [0.2, 0.25) is 5.02 Å². The van der Waals surface area contributed by atoms with Crippen LogP contribution in [0.4, 0.5) is 5.82 Å². The fraction of sp³-hybridized carbons (Fsp3) is 0.0455. The Labute approximate surface area is 166 Å². The largest absolute Gasteiger partial charge is 0.507 e. The number of ketones is 1. The molecule has 0 spiro atoms. The molecule has 1 fully saturated rings. The first kappa shape index (κ1) is 17.9. The van der Waals surface area contributed by atoms with Gasteiger partial charge in [0.25, 0.3) is 5.78 Å². The summed E-state index contributed by atoms with van der Waals surface area (Å²) in [7, 11) is 0. The van der Waals surface area contributed by atoms with Crippen molar-refractivity contribution in [3.63, 3.8) is 0 Å². The molecule has 1 aliphatic rings. The molecule has 1 amide bonds. The van der Waals surface area contributed by atoms with Crippen LogP contribution in [0.25, 0.3) is 5.76 Å². The molecule has 3 aromatic rings. The molecule has 5 nitrogen and oxygen atoms in total. The number of anilines is 1. The van der Waals surface area contributed by atoms with E-state index in [-0.39, 0.29) is 11.3 Å². The smallest absolute Gasteiger partial charge is 0.301 e. The summed E-state index contributed by atoms with van der Waals surface area (Å²) in [6.07, 6.45) is 1.54. The number of carbonyl (C=O) groups excluding carboxylic acids is 2. The molecule has 28 heavy (non-hydrogen) atoms. The van der Waals surface area contributed by atoms with Gasteiger partial charge in [0.2, 0.25) is 0 Å². The number of benzene rings is 2. The maximum atomic E-state index is 12.9. The normalized spacial score (nSPS) is 18.5. The lowest BCUT2D eigenvalue weighted by Gasteiger charge is -2.25. The molecule has 1 unspecified atom stereocenters. The van der Waals surface area contributed by atoms with Crippen molar-refractivity contribution in [1.29, 1.82) is 0 Å². The summed E-state index contributed by atoms with van der Waals surface area (Å²) in [6.45, 7) is 0. The standard InChI is InChI=1S/C22H15ClN2O3/c23-16-11-5-4-10-15(16)19-18(20(26)14-8-2-1-3-9-14)21(27)22(28)25(19)17-12-6-7-13-24-17/h1-13,19,26H/b20-18-. The van der Waals surface area contributed by atoms with Gasteiger partial charge in [-0.3, -0.25) is 14.5 Å². The van der Waals surface area contributed by atoms with Crippen LogP contribution in [0.5, 0.6) is 0 Å². The molecule has 1 aromatic heterocycles. The van der Waals surface area contributed by atoms with Gasteiger partial charge in [-0.2, -0.15) is 0 Å². The third-order valence-electron chi connectivity index (χ3n) is 4.59. The fourth-order valence-corrected chi connectivity index (χ4v) is 3.55. The molecule has 0 saturated carbocycles. The number of halogens is 1. The zero-order chi connectivity index (χ0) is 19.7. The Morgan fingerprint density at radius 2 is 1.61 bits per heavy atom. The lowest BCUT2D eigenvalue weighted by Crippen LogP contribution is -2.30. The average Bonchev–Trinajstić information content (AvgIpc) is 3.00. The third-order valence-corrected chi connectivity index (χ3v) is 4.93. The van der Waals surface area contributed by atoms with Crippen molar-refractivity contribution in [2.75, 3.05) is 4.90 Å². The fourth-order valence-electron chi connectivity index (χ4n) is 3.31. The molecule has 0 radical (unpaired) electrons. The minimum atomic E-state index is -0.885. The number of aromatic nitrogens is 1. The molecule has 4 rings (SSSR count). The third kappa shape index (κ3) is 2.96. The quantitative estimate of drug-likeness (QED) is 0.410. The van der Waals surface area contributed by atoms with Gasteiger partial charge in [0, 0.05) is 16.8 Å². The minimum Gasteiger partial charge on any atom is -0.507 e. The predicted octanol–water partition coefficient (Wildman–Crippen LogP) is 4.36. The number of pyridine rings is 1. The summed E-state index contributed by atoms with van der Waals surface area (Å²) in [5, 5.41) is 11.3. The Bertz CT molecular complexity index is 1080. The highest BCUT2D eigenvalue weighted by molar-refractivity contribution is 6.51. The van der Waals surface area contributed by atoms with Crippen LogP contribution in [0.15, 0.2) is 84.6 Å². The molecular weight excluding hydrogens is 376 g/mol. The lowest BCUT2D eigenvalue weighted by molar-refractivity contribution is -0.132. The summed E-state index contributed by atoms with van der Waals surface area (Å²) < 4.78 is 0. The molecule has 2 aromatic carbocycles. The highest BCUT2D eigenvalue weighted by Gasteiger charge is 2.48. The van der Waals surface area contributed by atoms with Gasteiger partial charge in [0.05, 0.1) is 11.6 Å². The monoisotopic (exact) mass is 390 g/mol. The van der Waals surface area contributed by atoms with E-state index in [1.54, 1.807) is 72.8 Å². The number of hydrogen-bond acceptors (Lipinski definition) is 4. The topological polar surface area (TPSA) is 70.5 Å². The Balaban J connectivity index is 1.98. The minimum absolute atomic E-state index is 0.0186. The zero-order valence-electron chi connectivity index (χ0n) is 14.6. The van der Waals surface area contributed by atoms with Gasteiger partial charge >= 0.3 is 5.91 Å². The highest BCUT2D eigenvalue weighted by atomic mass is 35.5. The van der Waals surface area contributed by atoms with E-state index in [2.05, 4.69) is 4.98 Å². The molecule has 0 aliphatic carbocycles. The van der Waals surface area contributed by atoms with E-state index >= 15 is 0 Å². The van der Waals surface area contributed by atoms with Gasteiger partial charge in [0.15, 0.2) is 0 Å². The van der Waals surface area contributed by atoms with Crippen molar-refractivity contribution in [3.05, 3.63) is 101 Å². The van der Waals surface area contributed by atoms with E-state index < -0.39 is 17.7 Å². The molecule has 1 saturated heterocycles. The molecule has 1 atom stereocenters. The second kappa shape index (κ2) is 7.29. The van der Waals surface area contributed by atoms with Gasteiger partial charge in [-0.15, -0.1) is 0 Å². The summed E-state index contributed by atoms with van der Waals surface area (Å²) in [4.78, 5) is 31.3. The van der Waals surface area contributed by atoms with E-state index in [1.807, 2.05) is 0 Å². The summed E-state index contributed by atoms with van der Waals surface area (Å²) in [5.41, 5.74) is 0.958. The first-order valence-electron chi connectivity index (χ1n) is 8.61. The van der Waals surface area contributed by atoms with Gasteiger partial charge in [-0.1, -0.05) is 66.2 Å². The van der Waals surface area contributed by atoms with Gasteiger partial charge in [-0.05, 0) is 23.8 Å². The number of carbonyl (C=O) groups is 2. The highest BCUT2D eigenvalue weighted by Crippen LogP contribution is 2.43. The second-order valence-electron chi connectivity index (χ2n) is 6.24. The number of nitrogens with zero attached hydrogens (tertiary/aromatic N) is 2. The van der Waals surface area contributed by atoms with Crippen LogP contribution in [-0.2, 0) is 9.59 Å². The maximum absolute atomic E-state index is 12.9. The van der Waals surface area contributed by atoms with Crippen LogP contribution in [0.1, 0.15) is 17.2 Å². The first-order chi connectivity index (χ1) is 13.6. The van der Waals surface area contributed by atoms with Crippen LogP contribution in [0, 0.1) is 0 Å².